The van der Waals surface area contributed by atoms with Gasteiger partial charge in [0, 0.05) is 45.4 Å². The van der Waals surface area contributed by atoms with E-state index in [1.165, 1.54) is 6.42 Å². The molecule has 2 aromatic heterocycles. The van der Waals surface area contributed by atoms with Gasteiger partial charge in [-0.05, 0) is 51.2 Å². The molecule has 0 bridgehead atoms. The number of piperidine rings is 1. The maximum atomic E-state index is 6.10. The van der Waals surface area contributed by atoms with Crippen molar-refractivity contribution in [2.45, 2.75) is 57.7 Å². The number of rotatable bonds is 8. The highest BCUT2D eigenvalue weighted by Crippen LogP contribution is 2.18. The predicted octanol–water partition coefficient (Wildman–Crippen LogP) is 2.91. The summed E-state index contributed by atoms with van der Waals surface area (Å²) in [4.78, 5) is 7.23. The molecule has 172 valence electrons. The highest BCUT2D eigenvalue weighted by molar-refractivity contribution is 14.0. The van der Waals surface area contributed by atoms with E-state index in [0.29, 0.717) is 12.2 Å². The molecule has 1 atom stereocenters. The summed E-state index contributed by atoms with van der Waals surface area (Å²) in [7, 11) is 0. The molecule has 4 rings (SSSR count). The summed E-state index contributed by atoms with van der Waals surface area (Å²) >= 11 is 0. The number of hydrogen-bond acceptors (Lipinski definition) is 5. The lowest BCUT2D eigenvalue weighted by molar-refractivity contribution is -0.0367. The van der Waals surface area contributed by atoms with Gasteiger partial charge in [-0.15, -0.1) is 34.2 Å². The van der Waals surface area contributed by atoms with Gasteiger partial charge >= 0.3 is 0 Å². The lowest BCUT2D eigenvalue weighted by Crippen LogP contribution is -2.47. The molecule has 1 N–H and O–H groups in total. The molecule has 8 nitrogen and oxygen atoms in total. The van der Waals surface area contributed by atoms with E-state index < -0.39 is 0 Å². The molecule has 1 unspecified atom stereocenters. The largest absolute Gasteiger partial charge is 0.376 e. The van der Waals surface area contributed by atoms with Crippen LogP contribution in [0.15, 0.2) is 29.4 Å². The lowest BCUT2D eigenvalue weighted by atomic mass is 10.1. The average Bonchev–Trinajstić information content (AvgIpc) is 3.45. The van der Waals surface area contributed by atoms with Crippen LogP contribution in [0.1, 0.15) is 44.9 Å². The summed E-state index contributed by atoms with van der Waals surface area (Å²) in [6.45, 7) is 7.38. The van der Waals surface area contributed by atoms with Gasteiger partial charge in [0.2, 0.25) is 0 Å². The number of fused-ring (bicyclic) bond motifs is 1. The number of aromatic nitrogens is 3. The van der Waals surface area contributed by atoms with E-state index in [0.717, 1.165) is 88.9 Å². The van der Waals surface area contributed by atoms with Crippen molar-refractivity contribution < 1.29 is 9.47 Å². The zero-order chi connectivity index (χ0) is 20.6. The molecule has 0 spiro atoms. The van der Waals surface area contributed by atoms with Crippen molar-refractivity contribution in [3.05, 3.63) is 30.2 Å². The van der Waals surface area contributed by atoms with Crippen molar-refractivity contribution in [1.29, 1.82) is 0 Å². The molecular formula is C22H35IN6O2. The van der Waals surface area contributed by atoms with Gasteiger partial charge in [-0.2, -0.15) is 0 Å². The van der Waals surface area contributed by atoms with Gasteiger partial charge in [-0.25, -0.2) is 0 Å². The van der Waals surface area contributed by atoms with Gasteiger partial charge in [0.25, 0.3) is 0 Å². The molecule has 31 heavy (non-hydrogen) atoms. The van der Waals surface area contributed by atoms with Crippen LogP contribution in [0.3, 0.4) is 0 Å². The highest BCUT2D eigenvalue weighted by atomic mass is 127. The smallest absolute Gasteiger partial charge is 0.193 e. The number of nitrogens with zero attached hydrogens (tertiary/aromatic N) is 5. The van der Waals surface area contributed by atoms with Gasteiger partial charge in [0.1, 0.15) is 5.82 Å². The molecule has 0 aliphatic carbocycles. The summed E-state index contributed by atoms with van der Waals surface area (Å²) in [5.41, 5.74) is 0.897. The van der Waals surface area contributed by atoms with Gasteiger partial charge in [0.05, 0.1) is 18.8 Å². The molecule has 0 saturated carbocycles. The second-order valence-electron chi connectivity index (χ2n) is 8.04. The Balaban J connectivity index is 0.00000272. The zero-order valence-electron chi connectivity index (χ0n) is 18.4. The number of guanidine groups is 1. The fraction of sp³-hybridized carbons (Fsp3) is 0.682. The third-order valence-electron chi connectivity index (χ3n) is 5.82. The molecule has 0 radical (unpaired) electrons. The van der Waals surface area contributed by atoms with Crippen molar-refractivity contribution in [1.82, 2.24) is 24.8 Å². The van der Waals surface area contributed by atoms with Crippen LogP contribution in [-0.2, 0) is 15.9 Å². The molecule has 2 aromatic rings. The first kappa shape index (κ1) is 24.2. The lowest BCUT2D eigenvalue weighted by Gasteiger charge is -2.34. The number of aliphatic imine (C=N–C) groups is 1. The predicted molar refractivity (Wildman–Crippen MR) is 132 cm³/mol. The minimum atomic E-state index is 0. The van der Waals surface area contributed by atoms with Crippen LogP contribution in [0.2, 0.25) is 0 Å². The van der Waals surface area contributed by atoms with E-state index in [-0.39, 0.29) is 24.0 Å². The SMILES string of the molecule is CCNC(=NCCCc1nnc2ccccn12)N1CCC(OCC2CCCO2)CC1.I. The number of aryl methyl sites for hydroxylation is 1. The van der Waals surface area contributed by atoms with E-state index in [4.69, 9.17) is 14.5 Å². The van der Waals surface area contributed by atoms with Crippen molar-refractivity contribution >= 4 is 35.6 Å². The Morgan fingerprint density at radius 3 is 2.90 bits per heavy atom. The molecule has 9 heteroatoms. The van der Waals surface area contributed by atoms with Crippen LogP contribution in [-0.4, -0.2) is 77.1 Å². The molecule has 2 saturated heterocycles. The summed E-state index contributed by atoms with van der Waals surface area (Å²) in [5, 5.41) is 12.0. The summed E-state index contributed by atoms with van der Waals surface area (Å²) in [6, 6.07) is 5.97. The standard InChI is InChI=1S/C22H34N6O2.HI/c1-2-23-22(24-12-5-9-21-26-25-20-8-3-4-13-28(20)21)27-14-10-18(11-15-27)30-17-19-7-6-16-29-19;/h3-4,8,13,18-19H,2,5-7,9-12,14-17H2,1H3,(H,23,24);1H. The third kappa shape index (κ3) is 6.76. The Hall–Kier alpha value is -1.46. The van der Waals surface area contributed by atoms with Crippen molar-refractivity contribution in [3.63, 3.8) is 0 Å². The zero-order valence-corrected chi connectivity index (χ0v) is 20.7. The third-order valence-corrected chi connectivity index (χ3v) is 5.82. The van der Waals surface area contributed by atoms with Crippen LogP contribution in [0.5, 0.6) is 0 Å². The number of ether oxygens (including phenoxy) is 2. The Morgan fingerprint density at radius 1 is 1.26 bits per heavy atom. The highest BCUT2D eigenvalue weighted by Gasteiger charge is 2.24. The fourth-order valence-electron chi connectivity index (χ4n) is 4.16. The van der Waals surface area contributed by atoms with Crippen LogP contribution >= 0.6 is 24.0 Å². The summed E-state index contributed by atoms with van der Waals surface area (Å²) < 4.78 is 13.8. The molecule has 0 amide bonds. The average molecular weight is 542 g/mol. The van der Waals surface area contributed by atoms with Crippen LogP contribution in [0.25, 0.3) is 5.65 Å². The molecule has 2 fully saturated rings. The van der Waals surface area contributed by atoms with E-state index >= 15 is 0 Å². The molecule has 2 aliphatic rings. The molecule has 0 aromatic carbocycles. The normalized spacial score (nSPS) is 20.2. The van der Waals surface area contributed by atoms with Gasteiger partial charge in [-0.1, -0.05) is 6.07 Å². The topological polar surface area (TPSA) is 76.3 Å². The van der Waals surface area contributed by atoms with E-state index in [9.17, 15) is 0 Å². The first-order valence-corrected chi connectivity index (χ1v) is 11.4. The Bertz CT molecular complexity index is 815. The van der Waals surface area contributed by atoms with Crippen molar-refractivity contribution in [3.8, 4) is 0 Å². The van der Waals surface area contributed by atoms with Crippen molar-refractivity contribution in [2.24, 2.45) is 4.99 Å². The number of hydrogen-bond donors (Lipinski definition) is 1. The second kappa shape index (κ2) is 12.5. The minimum absolute atomic E-state index is 0. The van der Waals surface area contributed by atoms with E-state index in [1.807, 2.05) is 24.4 Å². The van der Waals surface area contributed by atoms with Crippen LogP contribution in [0, 0.1) is 0 Å². The Kier molecular flexibility index (Phi) is 9.79. The first-order valence-electron chi connectivity index (χ1n) is 11.4. The Labute approximate surface area is 201 Å². The van der Waals surface area contributed by atoms with Gasteiger partial charge < -0.3 is 19.7 Å². The van der Waals surface area contributed by atoms with Crippen molar-refractivity contribution in [2.75, 3.05) is 39.4 Å². The second-order valence-corrected chi connectivity index (χ2v) is 8.04. The van der Waals surface area contributed by atoms with Crippen LogP contribution in [0.4, 0.5) is 0 Å². The number of likely N-dealkylation sites (tertiary alicyclic amines) is 1. The van der Waals surface area contributed by atoms with E-state index in [2.05, 4.69) is 31.7 Å². The molecule has 4 heterocycles. The number of halogens is 1. The fourth-order valence-corrected chi connectivity index (χ4v) is 4.16. The maximum Gasteiger partial charge on any atom is 0.193 e. The molecule has 2 aliphatic heterocycles. The molecular weight excluding hydrogens is 507 g/mol. The number of pyridine rings is 1. The Morgan fingerprint density at radius 2 is 2.13 bits per heavy atom. The summed E-state index contributed by atoms with van der Waals surface area (Å²) in [6.07, 6.45) is 8.88. The van der Waals surface area contributed by atoms with E-state index in [1.54, 1.807) is 0 Å². The quantitative estimate of drug-likeness (QED) is 0.239. The minimum Gasteiger partial charge on any atom is -0.376 e. The number of nitrogens with one attached hydrogen (secondary N) is 1. The first-order chi connectivity index (χ1) is 14.8. The maximum absolute atomic E-state index is 6.10. The summed E-state index contributed by atoms with van der Waals surface area (Å²) in [5.74, 6) is 2.01. The monoisotopic (exact) mass is 542 g/mol. The van der Waals surface area contributed by atoms with Crippen LogP contribution < -0.4 is 5.32 Å². The van der Waals surface area contributed by atoms with Gasteiger partial charge in [-0.3, -0.25) is 9.39 Å². The van der Waals surface area contributed by atoms with Gasteiger partial charge in [0.15, 0.2) is 11.6 Å².